The normalized spacial score (nSPS) is 10.3. The van der Waals surface area contributed by atoms with Gasteiger partial charge in [0, 0.05) is 24.4 Å². The third kappa shape index (κ3) is 5.88. The Hall–Kier alpha value is -2.48. The average molecular weight is 308 g/mol. The van der Waals surface area contributed by atoms with E-state index in [0.29, 0.717) is 18.8 Å². The van der Waals surface area contributed by atoms with Gasteiger partial charge in [0.05, 0.1) is 18.0 Å². The van der Waals surface area contributed by atoms with Crippen LogP contribution in [0.25, 0.3) is 0 Å². The van der Waals surface area contributed by atoms with Crippen molar-refractivity contribution in [2.75, 3.05) is 31.5 Å². The highest BCUT2D eigenvalue weighted by atomic mass is 16.6. The Labute approximate surface area is 128 Å². The molecular formula is C14H20N4O4. The highest BCUT2D eigenvalue weighted by molar-refractivity contribution is 5.92. The molecule has 0 aliphatic heterocycles. The molecule has 0 heterocycles. The third-order valence-electron chi connectivity index (χ3n) is 2.92. The van der Waals surface area contributed by atoms with Crippen molar-refractivity contribution >= 4 is 23.2 Å². The first-order valence-corrected chi connectivity index (χ1v) is 6.99. The summed E-state index contributed by atoms with van der Waals surface area (Å²) < 4.78 is 0. The maximum Gasteiger partial charge on any atom is 0.269 e. The van der Waals surface area contributed by atoms with Crippen molar-refractivity contribution in [1.82, 2.24) is 10.2 Å². The topological polar surface area (TPSA) is 105 Å². The molecule has 1 aromatic rings. The lowest BCUT2D eigenvalue weighted by Gasteiger charge is -2.19. The van der Waals surface area contributed by atoms with E-state index in [9.17, 15) is 19.7 Å². The monoisotopic (exact) mass is 308 g/mol. The zero-order valence-electron chi connectivity index (χ0n) is 12.7. The summed E-state index contributed by atoms with van der Waals surface area (Å²) in [4.78, 5) is 35.2. The quantitative estimate of drug-likeness (QED) is 0.550. The number of likely N-dealkylation sites (N-methyl/N-ethyl adjacent to an activating group) is 2. The molecule has 0 spiro atoms. The largest absolute Gasteiger partial charge is 0.355 e. The number of amides is 2. The van der Waals surface area contributed by atoms with E-state index in [0.717, 1.165) is 0 Å². The van der Waals surface area contributed by atoms with Crippen LogP contribution in [0.5, 0.6) is 0 Å². The van der Waals surface area contributed by atoms with Crippen molar-refractivity contribution in [2.45, 2.75) is 13.8 Å². The molecule has 0 aliphatic carbocycles. The Bertz CT molecular complexity index is 530. The van der Waals surface area contributed by atoms with E-state index in [1.54, 1.807) is 4.90 Å². The molecule has 0 radical (unpaired) electrons. The Morgan fingerprint density at radius 3 is 2.23 bits per heavy atom. The number of nitro benzene ring substituents is 1. The van der Waals surface area contributed by atoms with E-state index < -0.39 is 4.92 Å². The first-order chi connectivity index (χ1) is 10.5. The van der Waals surface area contributed by atoms with Crippen LogP contribution in [0.2, 0.25) is 0 Å². The molecular weight excluding hydrogens is 288 g/mol. The molecule has 8 heteroatoms. The summed E-state index contributed by atoms with van der Waals surface area (Å²) in [6, 6.07) is 5.58. The Balaban J connectivity index is 2.53. The van der Waals surface area contributed by atoms with Gasteiger partial charge in [-0.05, 0) is 25.6 Å². The standard InChI is InChI=1S/C14H20N4O4/c1-3-15-13(19)9-17(4-2)10-14(20)16-11-5-7-12(8-6-11)18(21)22/h5-8H,3-4,9-10H2,1-2H3,(H,15,19)(H,16,20). The van der Waals surface area contributed by atoms with Crippen molar-refractivity contribution in [3.05, 3.63) is 34.4 Å². The van der Waals surface area contributed by atoms with Crippen LogP contribution in [0.1, 0.15) is 13.8 Å². The zero-order chi connectivity index (χ0) is 16.5. The number of carbonyl (C=O) groups is 2. The summed E-state index contributed by atoms with van der Waals surface area (Å²) in [5.74, 6) is -0.410. The van der Waals surface area contributed by atoms with E-state index in [4.69, 9.17) is 0 Å². The number of benzene rings is 1. The predicted molar refractivity (Wildman–Crippen MR) is 82.5 cm³/mol. The van der Waals surface area contributed by atoms with E-state index in [-0.39, 0.29) is 30.6 Å². The maximum atomic E-state index is 11.9. The molecule has 2 N–H and O–H groups in total. The molecule has 0 aromatic heterocycles. The summed E-state index contributed by atoms with van der Waals surface area (Å²) in [7, 11) is 0. The highest BCUT2D eigenvalue weighted by Gasteiger charge is 2.13. The van der Waals surface area contributed by atoms with Crippen molar-refractivity contribution in [2.24, 2.45) is 0 Å². The Kier molecular flexibility index (Phi) is 6.97. The first-order valence-electron chi connectivity index (χ1n) is 6.99. The minimum absolute atomic E-state index is 0.0376. The second-order valence-electron chi connectivity index (χ2n) is 4.61. The minimum atomic E-state index is -0.503. The molecule has 0 saturated carbocycles. The van der Waals surface area contributed by atoms with Gasteiger partial charge in [0.2, 0.25) is 11.8 Å². The van der Waals surface area contributed by atoms with Crippen LogP contribution < -0.4 is 10.6 Å². The molecule has 0 aliphatic rings. The molecule has 2 amide bonds. The van der Waals surface area contributed by atoms with Crippen LogP contribution in [0.3, 0.4) is 0 Å². The predicted octanol–water partition coefficient (Wildman–Crippen LogP) is 0.991. The van der Waals surface area contributed by atoms with E-state index in [1.807, 2.05) is 13.8 Å². The molecule has 0 bridgehead atoms. The van der Waals surface area contributed by atoms with Crippen molar-refractivity contribution in [3.63, 3.8) is 0 Å². The van der Waals surface area contributed by atoms with Crippen LogP contribution in [0, 0.1) is 10.1 Å². The minimum Gasteiger partial charge on any atom is -0.355 e. The van der Waals surface area contributed by atoms with Crippen molar-refractivity contribution < 1.29 is 14.5 Å². The van der Waals surface area contributed by atoms with Gasteiger partial charge in [0.25, 0.3) is 5.69 Å². The van der Waals surface area contributed by atoms with E-state index >= 15 is 0 Å². The number of hydrogen-bond donors (Lipinski definition) is 2. The third-order valence-corrected chi connectivity index (χ3v) is 2.92. The van der Waals surface area contributed by atoms with Crippen LogP contribution in [0.15, 0.2) is 24.3 Å². The number of nitrogens with one attached hydrogen (secondary N) is 2. The second kappa shape index (κ2) is 8.73. The fourth-order valence-corrected chi connectivity index (χ4v) is 1.81. The van der Waals surface area contributed by atoms with Gasteiger partial charge < -0.3 is 10.6 Å². The molecule has 1 aromatic carbocycles. The first kappa shape index (κ1) is 17.6. The zero-order valence-corrected chi connectivity index (χ0v) is 12.7. The summed E-state index contributed by atoms with van der Waals surface area (Å²) in [6.07, 6.45) is 0. The fourth-order valence-electron chi connectivity index (χ4n) is 1.81. The molecule has 1 rings (SSSR count). The molecule has 22 heavy (non-hydrogen) atoms. The van der Waals surface area contributed by atoms with Crippen LogP contribution in [-0.2, 0) is 9.59 Å². The van der Waals surface area contributed by atoms with E-state index in [2.05, 4.69) is 10.6 Å². The highest BCUT2D eigenvalue weighted by Crippen LogP contribution is 2.15. The number of hydrogen-bond acceptors (Lipinski definition) is 5. The summed E-state index contributed by atoms with van der Waals surface area (Å²) in [6.45, 7) is 5.02. The molecule has 0 unspecified atom stereocenters. The Morgan fingerprint density at radius 2 is 1.73 bits per heavy atom. The van der Waals surface area contributed by atoms with Crippen LogP contribution in [0.4, 0.5) is 11.4 Å². The van der Waals surface area contributed by atoms with Crippen LogP contribution >= 0.6 is 0 Å². The maximum absolute atomic E-state index is 11.9. The SMILES string of the molecule is CCNC(=O)CN(CC)CC(=O)Nc1ccc([N+](=O)[O-])cc1. The molecule has 8 nitrogen and oxygen atoms in total. The molecule has 0 fully saturated rings. The van der Waals surface area contributed by atoms with Crippen molar-refractivity contribution in [1.29, 1.82) is 0 Å². The van der Waals surface area contributed by atoms with Crippen LogP contribution in [-0.4, -0.2) is 47.8 Å². The lowest BCUT2D eigenvalue weighted by Crippen LogP contribution is -2.40. The van der Waals surface area contributed by atoms with Gasteiger partial charge >= 0.3 is 0 Å². The number of nitrogens with zero attached hydrogens (tertiary/aromatic N) is 2. The van der Waals surface area contributed by atoms with Gasteiger partial charge in [-0.25, -0.2) is 0 Å². The average Bonchev–Trinajstić information content (AvgIpc) is 2.47. The molecule has 0 saturated heterocycles. The Morgan fingerprint density at radius 1 is 1.14 bits per heavy atom. The summed E-state index contributed by atoms with van der Waals surface area (Å²) in [5.41, 5.74) is 0.439. The second-order valence-corrected chi connectivity index (χ2v) is 4.61. The lowest BCUT2D eigenvalue weighted by atomic mass is 10.3. The van der Waals surface area contributed by atoms with Gasteiger partial charge in [0.15, 0.2) is 0 Å². The summed E-state index contributed by atoms with van der Waals surface area (Å²) in [5, 5.41) is 15.9. The van der Waals surface area contributed by atoms with Gasteiger partial charge in [-0.3, -0.25) is 24.6 Å². The fraction of sp³-hybridized carbons (Fsp3) is 0.429. The van der Waals surface area contributed by atoms with Gasteiger partial charge in [0.1, 0.15) is 0 Å². The number of anilines is 1. The lowest BCUT2D eigenvalue weighted by molar-refractivity contribution is -0.384. The number of carbonyl (C=O) groups excluding carboxylic acids is 2. The van der Waals surface area contributed by atoms with Gasteiger partial charge in [-0.1, -0.05) is 6.92 Å². The van der Waals surface area contributed by atoms with Crippen molar-refractivity contribution in [3.8, 4) is 0 Å². The van der Waals surface area contributed by atoms with Gasteiger partial charge in [-0.2, -0.15) is 0 Å². The molecule has 0 atom stereocenters. The number of rotatable bonds is 8. The van der Waals surface area contributed by atoms with E-state index in [1.165, 1.54) is 24.3 Å². The van der Waals surface area contributed by atoms with Gasteiger partial charge in [-0.15, -0.1) is 0 Å². The smallest absolute Gasteiger partial charge is 0.269 e. The summed E-state index contributed by atoms with van der Waals surface area (Å²) >= 11 is 0. The molecule has 120 valence electrons. The number of nitro groups is 1. The number of non-ortho nitro benzene ring substituents is 1.